The van der Waals surface area contributed by atoms with Gasteiger partial charge in [-0.3, -0.25) is 0 Å². The summed E-state index contributed by atoms with van der Waals surface area (Å²) in [5, 5.41) is 8.85. The molecule has 0 saturated heterocycles. The van der Waals surface area contributed by atoms with Gasteiger partial charge in [-0.15, -0.1) is 0 Å². The van der Waals surface area contributed by atoms with E-state index in [4.69, 9.17) is 5.11 Å². The lowest BCUT2D eigenvalue weighted by Crippen LogP contribution is -2.27. The van der Waals surface area contributed by atoms with Crippen molar-refractivity contribution < 1.29 is 13.5 Å². The van der Waals surface area contributed by atoms with Crippen molar-refractivity contribution in [1.29, 1.82) is 0 Å². The molecule has 0 fully saturated rings. The number of sulfonamides is 1. The van der Waals surface area contributed by atoms with Gasteiger partial charge in [-0.05, 0) is 24.5 Å². The summed E-state index contributed by atoms with van der Waals surface area (Å²) >= 11 is 0. The summed E-state index contributed by atoms with van der Waals surface area (Å²) in [6, 6.07) is 7.46. The van der Waals surface area contributed by atoms with Crippen LogP contribution in [-0.4, -0.2) is 25.8 Å². The first-order valence-electron chi connectivity index (χ1n) is 5.23. The van der Waals surface area contributed by atoms with E-state index in [-0.39, 0.29) is 12.4 Å². The molecule has 16 heavy (non-hydrogen) atoms. The van der Waals surface area contributed by atoms with E-state index >= 15 is 0 Å². The topological polar surface area (TPSA) is 66.4 Å². The Kier molecular flexibility index (Phi) is 4.92. The van der Waals surface area contributed by atoms with E-state index in [0.717, 1.165) is 11.1 Å². The predicted octanol–water partition coefficient (Wildman–Crippen LogP) is 0.661. The average Bonchev–Trinajstić information content (AvgIpc) is 2.30. The highest BCUT2D eigenvalue weighted by Crippen LogP contribution is 2.04. The van der Waals surface area contributed by atoms with Crippen molar-refractivity contribution in [3.63, 3.8) is 0 Å². The van der Waals surface area contributed by atoms with Gasteiger partial charge < -0.3 is 5.11 Å². The molecule has 0 aromatic heterocycles. The van der Waals surface area contributed by atoms with Gasteiger partial charge in [-0.1, -0.05) is 24.3 Å². The maximum atomic E-state index is 11.1. The summed E-state index contributed by atoms with van der Waals surface area (Å²) in [5.74, 6) is 0.108. The van der Waals surface area contributed by atoms with Crippen LogP contribution in [0.3, 0.4) is 0 Å². The molecule has 0 radical (unpaired) electrons. The number of hydrogen-bond acceptors (Lipinski definition) is 3. The van der Waals surface area contributed by atoms with Crippen molar-refractivity contribution in [2.24, 2.45) is 0 Å². The van der Waals surface area contributed by atoms with Crippen LogP contribution in [0.15, 0.2) is 24.3 Å². The monoisotopic (exact) mass is 243 g/mol. The van der Waals surface area contributed by atoms with Crippen molar-refractivity contribution in [2.45, 2.75) is 20.0 Å². The van der Waals surface area contributed by atoms with Gasteiger partial charge in [0, 0.05) is 6.54 Å². The van der Waals surface area contributed by atoms with E-state index in [1.165, 1.54) is 0 Å². The van der Waals surface area contributed by atoms with Crippen LogP contribution >= 0.6 is 0 Å². The molecular formula is C11H17NO3S. The SMILES string of the molecule is CCS(=O)(=O)NCCc1ccc(CO)cc1. The Labute approximate surface area is 96.4 Å². The van der Waals surface area contributed by atoms with E-state index < -0.39 is 10.0 Å². The molecule has 0 unspecified atom stereocenters. The number of hydrogen-bond donors (Lipinski definition) is 2. The van der Waals surface area contributed by atoms with Crippen LogP contribution < -0.4 is 4.72 Å². The predicted molar refractivity (Wildman–Crippen MR) is 63.5 cm³/mol. The zero-order valence-electron chi connectivity index (χ0n) is 9.31. The first-order valence-corrected chi connectivity index (χ1v) is 6.88. The molecule has 4 nitrogen and oxygen atoms in total. The Morgan fingerprint density at radius 1 is 1.19 bits per heavy atom. The molecule has 90 valence electrons. The second-order valence-electron chi connectivity index (χ2n) is 3.52. The third-order valence-corrected chi connectivity index (χ3v) is 3.73. The quantitative estimate of drug-likeness (QED) is 0.771. The van der Waals surface area contributed by atoms with Gasteiger partial charge in [0.2, 0.25) is 10.0 Å². The number of aliphatic hydroxyl groups excluding tert-OH is 1. The van der Waals surface area contributed by atoms with Crippen LogP contribution in [-0.2, 0) is 23.1 Å². The summed E-state index contributed by atoms with van der Waals surface area (Å²) in [7, 11) is -3.09. The minimum atomic E-state index is -3.09. The van der Waals surface area contributed by atoms with Crippen LogP contribution in [0, 0.1) is 0 Å². The molecule has 1 rings (SSSR count). The first-order chi connectivity index (χ1) is 7.57. The molecule has 1 aromatic rings. The van der Waals surface area contributed by atoms with E-state index in [2.05, 4.69) is 4.72 Å². The number of nitrogens with one attached hydrogen (secondary N) is 1. The van der Waals surface area contributed by atoms with E-state index in [1.54, 1.807) is 6.92 Å². The third-order valence-electron chi connectivity index (χ3n) is 2.32. The second kappa shape index (κ2) is 5.98. The summed E-state index contributed by atoms with van der Waals surface area (Å²) < 4.78 is 24.8. The highest BCUT2D eigenvalue weighted by molar-refractivity contribution is 7.89. The van der Waals surface area contributed by atoms with Crippen molar-refractivity contribution in [3.8, 4) is 0 Å². The maximum absolute atomic E-state index is 11.1. The average molecular weight is 243 g/mol. The lowest BCUT2D eigenvalue weighted by Gasteiger charge is -2.05. The van der Waals surface area contributed by atoms with Gasteiger partial charge in [-0.2, -0.15) is 0 Å². The number of aliphatic hydroxyl groups is 1. The van der Waals surface area contributed by atoms with E-state index in [9.17, 15) is 8.42 Å². The molecule has 0 bridgehead atoms. The lowest BCUT2D eigenvalue weighted by atomic mass is 10.1. The third kappa shape index (κ3) is 4.30. The fraction of sp³-hybridized carbons (Fsp3) is 0.455. The minimum absolute atomic E-state index is 0.0305. The molecular weight excluding hydrogens is 226 g/mol. The maximum Gasteiger partial charge on any atom is 0.211 e. The largest absolute Gasteiger partial charge is 0.392 e. The molecule has 2 N–H and O–H groups in total. The van der Waals surface area contributed by atoms with E-state index in [0.29, 0.717) is 13.0 Å². The molecule has 5 heteroatoms. The Morgan fingerprint density at radius 2 is 1.75 bits per heavy atom. The Bertz CT molecular complexity index is 411. The van der Waals surface area contributed by atoms with E-state index in [1.807, 2.05) is 24.3 Å². The second-order valence-corrected chi connectivity index (χ2v) is 5.62. The van der Waals surface area contributed by atoms with Crippen LogP contribution in [0.1, 0.15) is 18.1 Å². The van der Waals surface area contributed by atoms with Crippen LogP contribution in [0.25, 0.3) is 0 Å². The molecule has 0 saturated carbocycles. The zero-order valence-corrected chi connectivity index (χ0v) is 10.1. The molecule has 0 atom stereocenters. The van der Waals surface area contributed by atoms with Crippen molar-refractivity contribution in [2.75, 3.05) is 12.3 Å². The highest BCUT2D eigenvalue weighted by atomic mass is 32.2. The fourth-order valence-electron chi connectivity index (χ4n) is 1.26. The standard InChI is InChI=1S/C11H17NO3S/c1-2-16(14,15)12-8-7-10-3-5-11(9-13)6-4-10/h3-6,12-13H,2,7-9H2,1H3. The smallest absolute Gasteiger partial charge is 0.211 e. The molecule has 0 amide bonds. The van der Waals surface area contributed by atoms with Gasteiger partial charge >= 0.3 is 0 Å². The van der Waals surface area contributed by atoms with Gasteiger partial charge in [0.1, 0.15) is 0 Å². The Balaban J connectivity index is 2.43. The number of benzene rings is 1. The van der Waals surface area contributed by atoms with Gasteiger partial charge in [-0.25, -0.2) is 13.1 Å². The van der Waals surface area contributed by atoms with Crippen LogP contribution in [0.4, 0.5) is 0 Å². The van der Waals surface area contributed by atoms with Crippen molar-refractivity contribution >= 4 is 10.0 Å². The summed E-state index contributed by atoms with van der Waals surface area (Å²) in [4.78, 5) is 0. The fourth-order valence-corrected chi connectivity index (χ4v) is 1.88. The minimum Gasteiger partial charge on any atom is -0.392 e. The van der Waals surface area contributed by atoms with Crippen molar-refractivity contribution in [3.05, 3.63) is 35.4 Å². The van der Waals surface area contributed by atoms with Gasteiger partial charge in [0.25, 0.3) is 0 Å². The summed E-state index contributed by atoms with van der Waals surface area (Å²) in [6.07, 6.45) is 0.658. The molecule has 0 aliphatic heterocycles. The lowest BCUT2D eigenvalue weighted by molar-refractivity contribution is 0.282. The first kappa shape index (κ1) is 13.2. The highest BCUT2D eigenvalue weighted by Gasteiger charge is 2.04. The van der Waals surface area contributed by atoms with Crippen LogP contribution in [0.5, 0.6) is 0 Å². The molecule has 0 aliphatic carbocycles. The summed E-state index contributed by atoms with van der Waals surface area (Å²) in [5.41, 5.74) is 1.91. The van der Waals surface area contributed by atoms with Gasteiger partial charge in [0.15, 0.2) is 0 Å². The molecule has 1 aromatic carbocycles. The van der Waals surface area contributed by atoms with Gasteiger partial charge in [0.05, 0.1) is 12.4 Å². The zero-order chi connectivity index (χ0) is 12.0. The number of rotatable bonds is 6. The summed E-state index contributed by atoms with van der Waals surface area (Å²) in [6.45, 7) is 2.05. The molecule has 0 aliphatic rings. The van der Waals surface area contributed by atoms with Crippen molar-refractivity contribution in [1.82, 2.24) is 4.72 Å². The normalized spacial score (nSPS) is 11.6. The molecule has 0 spiro atoms. The molecule has 0 heterocycles. The van der Waals surface area contributed by atoms with Crippen LogP contribution in [0.2, 0.25) is 0 Å². The Morgan fingerprint density at radius 3 is 2.25 bits per heavy atom. The Hall–Kier alpha value is -0.910.